The molecular weight excluding hydrogens is 372 g/mol. The number of para-hydroxylation sites is 1. The van der Waals surface area contributed by atoms with Crippen molar-refractivity contribution >= 4 is 17.4 Å². The highest BCUT2D eigenvalue weighted by molar-refractivity contribution is 5.92. The van der Waals surface area contributed by atoms with E-state index in [1.54, 1.807) is 12.4 Å². The summed E-state index contributed by atoms with van der Waals surface area (Å²) >= 11 is 0. The minimum atomic E-state index is -0.00552. The van der Waals surface area contributed by atoms with E-state index in [-0.39, 0.29) is 5.91 Å². The molecule has 0 N–H and O–H groups in total. The molecule has 0 bridgehead atoms. The number of hydrogen-bond donors (Lipinski definition) is 0. The maximum absolute atomic E-state index is 12.9. The summed E-state index contributed by atoms with van der Waals surface area (Å²) in [7, 11) is 0. The summed E-state index contributed by atoms with van der Waals surface area (Å²) in [6.07, 6.45) is 7.55. The standard InChI is InChI=1S/C25H26N4O/c30-25(28-13-10-20(11-14-28)16-19-6-2-1-3-7-19)22-17-27-24(18-26-22)29-15-12-21-8-4-5-9-23(21)29/h1-9,17-18,20H,10-16H2. The number of aromatic nitrogens is 2. The van der Waals surface area contributed by atoms with Gasteiger partial charge in [-0.05, 0) is 48.8 Å². The van der Waals surface area contributed by atoms with Gasteiger partial charge in [-0.1, -0.05) is 48.5 Å². The monoisotopic (exact) mass is 398 g/mol. The third-order valence-corrected chi connectivity index (χ3v) is 6.29. The molecule has 1 saturated heterocycles. The van der Waals surface area contributed by atoms with E-state index in [2.05, 4.69) is 63.4 Å². The van der Waals surface area contributed by atoms with Crippen molar-refractivity contribution in [3.63, 3.8) is 0 Å². The molecule has 152 valence electrons. The summed E-state index contributed by atoms with van der Waals surface area (Å²) in [6, 6.07) is 19.0. The summed E-state index contributed by atoms with van der Waals surface area (Å²) in [5.41, 5.74) is 4.34. The van der Waals surface area contributed by atoms with E-state index in [0.29, 0.717) is 11.6 Å². The molecule has 2 aromatic carbocycles. The predicted molar refractivity (Wildman–Crippen MR) is 118 cm³/mol. The number of nitrogens with zero attached hydrogens (tertiary/aromatic N) is 4. The highest BCUT2D eigenvalue weighted by atomic mass is 16.2. The molecule has 5 rings (SSSR count). The smallest absolute Gasteiger partial charge is 0.274 e. The lowest BCUT2D eigenvalue weighted by atomic mass is 9.90. The number of fused-ring (bicyclic) bond motifs is 1. The van der Waals surface area contributed by atoms with Gasteiger partial charge in [0.25, 0.3) is 5.91 Å². The summed E-state index contributed by atoms with van der Waals surface area (Å²) in [5.74, 6) is 1.44. The molecule has 1 fully saturated rings. The topological polar surface area (TPSA) is 49.3 Å². The van der Waals surface area contributed by atoms with Crippen molar-refractivity contribution in [3.8, 4) is 0 Å². The van der Waals surface area contributed by atoms with Gasteiger partial charge in [-0.3, -0.25) is 4.79 Å². The number of benzene rings is 2. The van der Waals surface area contributed by atoms with Crippen molar-refractivity contribution in [1.82, 2.24) is 14.9 Å². The molecular formula is C25H26N4O. The minimum absolute atomic E-state index is 0.00552. The lowest BCUT2D eigenvalue weighted by molar-refractivity contribution is 0.0684. The Morgan fingerprint density at radius 2 is 1.67 bits per heavy atom. The number of anilines is 2. The number of hydrogen-bond acceptors (Lipinski definition) is 4. The van der Waals surface area contributed by atoms with Crippen LogP contribution < -0.4 is 4.90 Å². The van der Waals surface area contributed by atoms with Crippen molar-refractivity contribution in [2.45, 2.75) is 25.7 Å². The van der Waals surface area contributed by atoms with E-state index in [4.69, 9.17) is 0 Å². The Morgan fingerprint density at radius 1 is 0.900 bits per heavy atom. The highest BCUT2D eigenvalue weighted by Crippen LogP contribution is 2.32. The molecule has 1 aromatic heterocycles. The van der Waals surface area contributed by atoms with Crippen LogP contribution in [-0.4, -0.2) is 40.4 Å². The molecule has 5 nitrogen and oxygen atoms in total. The van der Waals surface area contributed by atoms with Gasteiger partial charge < -0.3 is 9.80 Å². The minimum Gasteiger partial charge on any atom is -0.337 e. The quantitative estimate of drug-likeness (QED) is 0.659. The van der Waals surface area contributed by atoms with Gasteiger partial charge in [-0.2, -0.15) is 0 Å². The van der Waals surface area contributed by atoms with Crippen LogP contribution in [0, 0.1) is 5.92 Å². The third-order valence-electron chi connectivity index (χ3n) is 6.29. The maximum atomic E-state index is 12.9. The zero-order chi connectivity index (χ0) is 20.3. The van der Waals surface area contributed by atoms with E-state index in [1.165, 1.54) is 16.8 Å². The third kappa shape index (κ3) is 3.80. The zero-order valence-corrected chi connectivity index (χ0v) is 17.1. The first-order valence-electron chi connectivity index (χ1n) is 10.8. The lowest BCUT2D eigenvalue weighted by Crippen LogP contribution is -2.39. The van der Waals surface area contributed by atoms with E-state index < -0.39 is 0 Å². The number of carbonyl (C=O) groups excluding carboxylic acids is 1. The number of rotatable bonds is 4. The molecule has 0 spiro atoms. The fourth-order valence-corrected chi connectivity index (χ4v) is 4.60. The summed E-state index contributed by atoms with van der Waals surface area (Å²) < 4.78 is 0. The second-order valence-electron chi connectivity index (χ2n) is 8.22. The van der Waals surface area contributed by atoms with Crippen LogP contribution in [-0.2, 0) is 12.8 Å². The van der Waals surface area contributed by atoms with Gasteiger partial charge in [-0.15, -0.1) is 0 Å². The molecule has 30 heavy (non-hydrogen) atoms. The average molecular weight is 399 g/mol. The largest absolute Gasteiger partial charge is 0.337 e. The summed E-state index contributed by atoms with van der Waals surface area (Å²) in [4.78, 5) is 26.0. The van der Waals surface area contributed by atoms with Gasteiger partial charge in [0.1, 0.15) is 5.69 Å². The van der Waals surface area contributed by atoms with Crippen molar-refractivity contribution in [1.29, 1.82) is 0 Å². The molecule has 3 aromatic rings. The van der Waals surface area contributed by atoms with Crippen molar-refractivity contribution in [2.75, 3.05) is 24.5 Å². The Labute approximate surface area is 177 Å². The molecule has 0 aliphatic carbocycles. The predicted octanol–water partition coefficient (Wildman–Crippen LogP) is 4.27. The van der Waals surface area contributed by atoms with E-state index in [1.807, 2.05) is 11.0 Å². The first kappa shape index (κ1) is 18.8. The van der Waals surface area contributed by atoms with Crippen LogP contribution in [0.2, 0.25) is 0 Å². The lowest BCUT2D eigenvalue weighted by Gasteiger charge is -2.32. The van der Waals surface area contributed by atoms with Crippen LogP contribution in [0.4, 0.5) is 11.5 Å². The van der Waals surface area contributed by atoms with Gasteiger partial charge in [0.2, 0.25) is 0 Å². The van der Waals surface area contributed by atoms with Crippen molar-refractivity contribution in [3.05, 3.63) is 83.8 Å². The Morgan fingerprint density at radius 3 is 2.43 bits per heavy atom. The Hall–Kier alpha value is -3.21. The van der Waals surface area contributed by atoms with Crippen LogP contribution in [0.1, 0.15) is 34.5 Å². The maximum Gasteiger partial charge on any atom is 0.274 e. The fourth-order valence-electron chi connectivity index (χ4n) is 4.60. The molecule has 3 heterocycles. The zero-order valence-electron chi connectivity index (χ0n) is 17.1. The molecule has 1 amide bonds. The summed E-state index contributed by atoms with van der Waals surface area (Å²) in [6.45, 7) is 2.48. The number of piperidine rings is 1. The van der Waals surface area contributed by atoms with Crippen LogP contribution >= 0.6 is 0 Å². The molecule has 0 atom stereocenters. The highest BCUT2D eigenvalue weighted by Gasteiger charge is 2.26. The number of amides is 1. The molecule has 0 radical (unpaired) electrons. The second kappa shape index (κ2) is 8.27. The Balaban J connectivity index is 1.20. The van der Waals surface area contributed by atoms with Crippen LogP contribution in [0.15, 0.2) is 67.0 Å². The van der Waals surface area contributed by atoms with Gasteiger partial charge in [-0.25, -0.2) is 9.97 Å². The van der Waals surface area contributed by atoms with Crippen molar-refractivity contribution in [2.24, 2.45) is 5.92 Å². The van der Waals surface area contributed by atoms with E-state index in [9.17, 15) is 4.79 Å². The Bertz CT molecular complexity index is 1010. The Kier molecular flexibility index (Phi) is 5.18. The first-order chi connectivity index (χ1) is 14.8. The average Bonchev–Trinajstić information content (AvgIpc) is 3.24. The molecule has 2 aliphatic heterocycles. The second-order valence-corrected chi connectivity index (χ2v) is 8.22. The fraction of sp³-hybridized carbons (Fsp3) is 0.320. The van der Waals surface area contributed by atoms with Crippen LogP contribution in [0.25, 0.3) is 0 Å². The molecule has 5 heteroatoms. The first-order valence-corrected chi connectivity index (χ1v) is 10.8. The summed E-state index contributed by atoms with van der Waals surface area (Å²) in [5, 5.41) is 0. The van der Waals surface area contributed by atoms with Gasteiger partial charge in [0.15, 0.2) is 5.82 Å². The van der Waals surface area contributed by atoms with E-state index in [0.717, 1.165) is 51.1 Å². The normalized spacial score (nSPS) is 16.5. The van der Waals surface area contributed by atoms with Gasteiger partial charge in [0.05, 0.1) is 12.4 Å². The van der Waals surface area contributed by atoms with Crippen LogP contribution in [0.5, 0.6) is 0 Å². The SMILES string of the molecule is O=C(c1cnc(N2CCc3ccccc32)cn1)N1CCC(Cc2ccccc2)CC1. The van der Waals surface area contributed by atoms with E-state index >= 15 is 0 Å². The molecule has 0 saturated carbocycles. The van der Waals surface area contributed by atoms with Crippen molar-refractivity contribution < 1.29 is 4.79 Å². The molecule has 0 unspecified atom stereocenters. The number of likely N-dealkylation sites (tertiary alicyclic amines) is 1. The van der Waals surface area contributed by atoms with Gasteiger partial charge >= 0.3 is 0 Å². The molecule has 2 aliphatic rings. The number of carbonyl (C=O) groups is 1. The van der Waals surface area contributed by atoms with Gasteiger partial charge in [0, 0.05) is 25.3 Å². The van der Waals surface area contributed by atoms with Crippen LogP contribution in [0.3, 0.4) is 0 Å².